The molecule has 0 aromatic rings. The van der Waals surface area contributed by atoms with E-state index >= 15 is 0 Å². The van der Waals surface area contributed by atoms with Crippen molar-refractivity contribution in [1.82, 2.24) is 5.32 Å². The van der Waals surface area contributed by atoms with Crippen molar-refractivity contribution in [3.63, 3.8) is 0 Å². The number of rotatable bonds is 8. The van der Waals surface area contributed by atoms with E-state index in [-0.39, 0.29) is 12.1 Å². The average molecular weight is 216 g/mol. The first-order chi connectivity index (χ1) is 7.05. The van der Waals surface area contributed by atoms with Gasteiger partial charge in [-0.2, -0.15) is 0 Å². The van der Waals surface area contributed by atoms with E-state index < -0.39 is 0 Å². The molecule has 0 spiro atoms. The third-order valence-corrected chi connectivity index (χ3v) is 3.64. The number of aliphatic hydroxyl groups is 1. The minimum atomic E-state index is -0.109. The van der Waals surface area contributed by atoms with Gasteiger partial charge in [0.1, 0.15) is 0 Å². The van der Waals surface area contributed by atoms with Crippen molar-refractivity contribution in [1.29, 1.82) is 0 Å². The van der Waals surface area contributed by atoms with Gasteiger partial charge in [0, 0.05) is 12.1 Å². The van der Waals surface area contributed by atoms with Crippen LogP contribution >= 0.6 is 0 Å². The van der Waals surface area contributed by atoms with Crippen LogP contribution in [0.2, 0.25) is 0 Å². The standard InChI is InChI=1S/C12H28N2O/c1-5-12(6-2,9-15)14-8-11(7-13)10(3)4/h10-11,14-15H,5-9,13H2,1-4H3. The van der Waals surface area contributed by atoms with Gasteiger partial charge in [-0.3, -0.25) is 0 Å². The van der Waals surface area contributed by atoms with Gasteiger partial charge >= 0.3 is 0 Å². The van der Waals surface area contributed by atoms with Crippen LogP contribution < -0.4 is 11.1 Å². The van der Waals surface area contributed by atoms with Crippen LogP contribution in [0.3, 0.4) is 0 Å². The van der Waals surface area contributed by atoms with Gasteiger partial charge in [-0.1, -0.05) is 27.7 Å². The van der Waals surface area contributed by atoms with E-state index in [0.29, 0.717) is 18.4 Å². The number of hydrogen-bond acceptors (Lipinski definition) is 3. The lowest BCUT2D eigenvalue weighted by molar-refractivity contribution is 0.142. The summed E-state index contributed by atoms with van der Waals surface area (Å²) >= 11 is 0. The third kappa shape index (κ3) is 4.49. The van der Waals surface area contributed by atoms with Crippen molar-refractivity contribution >= 4 is 0 Å². The maximum atomic E-state index is 9.41. The molecule has 0 aliphatic carbocycles. The number of nitrogens with two attached hydrogens (primary N) is 1. The monoisotopic (exact) mass is 216 g/mol. The van der Waals surface area contributed by atoms with Crippen LogP contribution in [0.4, 0.5) is 0 Å². The molecule has 3 heteroatoms. The second-order valence-electron chi connectivity index (χ2n) is 4.77. The van der Waals surface area contributed by atoms with Crippen molar-refractivity contribution in [2.24, 2.45) is 17.6 Å². The van der Waals surface area contributed by atoms with Crippen LogP contribution in [0, 0.1) is 11.8 Å². The fourth-order valence-corrected chi connectivity index (χ4v) is 1.72. The van der Waals surface area contributed by atoms with Gasteiger partial charge in [0.2, 0.25) is 0 Å². The zero-order chi connectivity index (χ0) is 11.9. The summed E-state index contributed by atoms with van der Waals surface area (Å²) in [6, 6.07) is 0. The Morgan fingerprint density at radius 3 is 2.07 bits per heavy atom. The summed E-state index contributed by atoms with van der Waals surface area (Å²) in [7, 11) is 0. The van der Waals surface area contributed by atoms with E-state index in [1.807, 2.05) is 0 Å². The molecule has 0 aromatic heterocycles. The Hall–Kier alpha value is -0.120. The predicted molar refractivity (Wildman–Crippen MR) is 65.8 cm³/mol. The molecule has 0 fully saturated rings. The summed E-state index contributed by atoms with van der Waals surface area (Å²) in [6.07, 6.45) is 1.91. The van der Waals surface area contributed by atoms with Gasteiger partial charge in [-0.15, -0.1) is 0 Å². The third-order valence-electron chi connectivity index (χ3n) is 3.64. The Morgan fingerprint density at radius 1 is 1.27 bits per heavy atom. The summed E-state index contributed by atoms with van der Waals surface area (Å²) < 4.78 is 0. The zero-order valence-electron chi connectivity index (χ0n) is 10.7. The highest BCUT2D eigenvalue weighted by Gasteiger charge is 2.25. The molecule has 0 bridgehead atoms. The fourth-order valence-electron chi connectivity index (χ4n) is 1.72. The molecule has 0 aliphatic heterocycles. The van der Waals surface area contributed by atoms with Crippen LogP contribution in [-0.2, 0) is 0 Å². The molecule has 1 unspecified atom stereocenters. The normalized spacial score (nSPS) is 14.6. The molecule has 0 saturated heterocycles. The first kappa shape index (κ1) is 14.9. The Balaban J connectivity index is 4.19. The van der Waals surface area contributed by atoms with Crippen LogP contribution in [0.25, 0.3) is 0 Å². The van der Waals surface area contributed by atoms with Crippen molar-refractivity contribution < 1.29 is 5.11 Å². The Labute approximate surface area is 94.4 Å². The number of hydrogen-bond donors (Lipinski definition) is 3. The van der Waals surface area contributed by atoms with Crippen LogP contribution in [-0.4, -0.2) is 30.3 Å². The summed E-state index contributed by atoms with van der Waals surface area (Å²) in [5.74, 6) is 1.08. The smallest absolute Gasteiger partial charge is 0.0613 e. The molecule has 4 N–H and O–H groups in total. The maximum absolute atomic E-state index is 9.41. The zero-order valence-corrected chi connectivity index (χ0v) is 10.7. The van der Waals surface area contributed by atoms with Crippen molar-refractivity contribution in [2.75, 3.05) is 19.7 Å². The van der Waals surface area contributed by atoms with E-state index in [1.54, 1.807) is 0 Å². The molecule has 0 aromatic carbocycles. The van der Waals surface area contributed by atoms with Gasteiger partial charge in [0.05, 0.1) is 6.61 Å². The van der Waals surface area contributed by atoms with Gasteiger partial charge in [0.15, 0.2) is 0 Å². The fraction of sp³-hybridized carbons (Fsp3) is 1.00. The molecule has 0 heterocycles. The molecule has 0 radical (unpaired) electrons. The minimum absolute atomic E-state index is 0.109. The van der Waals surface area contributed by atoms with Gasteiger partial charge < -0.3 is 16.2 Å². The summed E-state index contributed by atoms with van der Waals surface area (Å²) in [5.41, 5.74) is 5.62. The molecule has 1 atom stereocenters. The topological polar surface area (TPSA) is 58.3 Å². The largest absolute Gasteiger partial charge is 0.394 e. The lowest BCUT2D eigenvalue weighted by atomic mass is 9.90. The molecule has 0 aliphatic rings. The van der Waals surface area contributed by atoms with Gasteiger partial charge in [-0.05, 0) is 31.2 Å². The van der Waals surface area contributed by atoms with Crippen molar-refractivity contribution in [2.45, 2.75) is 46.1 Å². The van der Waals surface area contributed by atoms with Crippen LogP contribution in [0.1, 0.15) is 40.5 Å². The average Bonchev–Trinajstić information content (AvgIpc) is 2.25. The first-order valence-corrected chi connectivity index (χ1v) is 6.11. The lowest BCUT2D eigenvalue weighted by Gasteiger charge is -2.33. The van der Waals surface area contributed by atoms with Crippen molar-refractivity contribution in [3.8, 4) is 0 Å². The predicted octanol–water partition coefficient (Wildman–Crippen LogP) is 1.36. The second-order valence-corrected chi connectivity index (χ2v) is 4.77. The lowest BCUT2D eigenvalue weighted by Crippen LogP contribution is -2.50. The molecule has 0 rings (SSSR count). The summed E-state index contributed by atoms with van der Waals surface area (Å²) in [5, 5.41) is 12.9. The number of nitrogens with one attached hydrogen (secondary N) is 1. The highest BCUT2D eigenvalue weighted by molar-refractivity contribution is 4.85. The van der Waals surface area contributed by atoms with Gasteiger partial charge in [-0.25, -0.2) is 0 Å². The Kier molecular flexibility index (Phi) is 7.14. The quantitative estimate of drug-likeness (QED) is 0.574. The molecule has 3 nitrogen and oxygen atoms in total. The van der Waals surface area contributed by atoms with Gasteiger partial charge in [0.25, 0.3) is 0 Å². The van der Waals surface area contributed by atoms with Crippen molar-refractivity contribution in [3.05, 3.63) is 0 Å². The molecular formula is C12H28N2O. The second kappa shape index (κ2) is 7.20. The molecular weight excluding hydrogens is 188 g/mol. The highest BCUT2D eigenvalue weighted by atomic mass is 16.3. The highest BCUT2D eigenvalue weighted by Crippen LogP contribution is 2.16. The van der Waals surface area contributed by atoms with E-state index in [9.17, 15) is 5.11 Å². The molecule has 92 valence electrons. The molecule has 0 amide bonds. The van der Waals surface area contributed by atoms with E-state index in [2.05, 4.69) is 33.0 Å². The van der Waals surface area contributed by atoms with E-state index in [1.165, 1.54) is 0 Å². The first-order valence-electron chi connectivity index (χ1n) is 6.11. The minimum Gasteiger partial charge on any atom is -0.394 e. The van der Waals surface area contributed by atoms with E-state index in [4.69, 9.17) is 5.73 Å². The maximum Gasteiger partial charge on any atom is 0.0613 e. The van der Waals surface area contributed by atoms with E-state index in [0.717, 1.165) is 19.4 Å². The SMILES string of the molecule is CCC(CC)(CO)NCC(CN)C(C)C. The molecule has 0 saturated carbocycles. The number of aliphatic hydroxyl groups excluding tert-OH is 1. The summed E-state index contributed by atoms with van der Waals surface area (Å²) in [4.78, 5) is 0. The van der Waals surface area contributed by atoms with Crippen LogP contribution in [0.15, 0.2) is 0 Å². The summed E-state index contributed by atoms with van der Waals surface area (Å²) in [6.45, 7) is 10.4. The molecule has 15 heavy (non-hydrogen) atoms. The van der Waals surface area contributed by atoms with Crippen LogP contribution in [0.5, 0.6) is 0 Å². The Bertz CT molecular complexity index is 147. The Morgan fingerprint density at radius 2 is 1.80 bits per heavy atom.